The van der Waals surface area contributed by atoms with E-state index < -0.39 is 0 Å². The number of hydrogen-bond donors (Lipinski definition) is 1. The zero-order valence-corrected chi connectivity index (χ0v) is 13.4. The average molecular weight is 352 g/mol. The Morgan fingerprint density at radius 2 is 1.76 bits per heavy atom. The minimum atomic E-state index is -0.147. The third kappa shape index (κ3) is 2.69. The first-order valence-electron chi connectivity index (χ1n) is 7.28. The molecule has 1 aromatic heterocycles. The first-order chi connectivity index (χ1) is 10.0. The van der Waals surface area contributed by atoms with Crippen LogP contribution in [0.15, 0.2) is 16.7 Å². The number of pyridine rings is 1. The molecule has 6 heteroatoms. The number of anilines is 2. The number of piperidine rings is 1. The zero-order valence-electron chi connectivity index (χ0n) is 11.8. The molecule has 0 unspecified atom stereocenters. The lowest BCUT2D eigenvalue weighted by molar-refractivity contribution is -0.134. The molecule has 1 spiro atoms. The van der Waals surface area contributed by atoms with Crippen molar-refractivity contribution in [1.82, 2.24) is 4.98 Å². The molecular formula is C15H18BrN3O2. The first-order valence-corrected chi connectivity index (χ1v) is 8.07. The predicted molar refractivity (Wildman–Crippen MR) is 83.6 cm³/mol. The van der Waals surface area contributed by atoms with Gasteiger partial charge in [0.2, 0.25) is 11.8 Å². The molecule has 0 atom stereocenters. The van der Waals surface area contributed by atoms with E-state index >= 15 is 0 Å². The Hall–Kier alpha value is -1.43. The monoisotopic (exact) mass is 351 g/mol. The number of amides is 2. The van der Waals surface area contributed by atoms with Crippen molar-refractivity contribution in [2.75, 3.05) is 10.6 Å². The second-order valence-corrected chi connectivity index (χ2v) is 6.97. The lowest BCUT2D eigenvalue weighted by Crippen LogP contribution is -2.49. The lowest BCUT2D eigenvalue weighted by Gasteiger charge is -2.42. The SMILES string of the molecule is Nc1cnc(N2C(=O)CC3(CCCCC3)CC2=O)c(Br)c1. The summed E-state index contributed by atoms with van der Waals surface area (Å²) >= 11 is 3.34. The van der Waals surface area contributed by atoms with Gasteiger partial charge in [0.15, 0.2) is 5.82 Å². The summed E-state index contributed by atoms with van der Waals surface area (Å²) in [5, 5.41) is 0. The van der Waals surface area contributed by atoms with Gasteiger partial charge in [-0.15, -0.1) is 0 Å². The molecule has 21 heavy (non-hydrogen) atoms. The smallest absolute Gasteiger partial charge is 0.235 e. The zero-order chi connectivity index (χ0) is 15.0. The Balaban J connectivity index is 1.88. The quantitative estimate of drug-likeness (QED) is 0.789. The highest BCUT2D eigenvalue weighted by Gasteiger charge is 2.45. The van der Waals surface area contributed by atoms with Crippen LogP contribution in [0.5, 0.6) is 0 Å². The molecule has 1 saturated carbocycles. The molecule has 1 aliphatic carbocycles. The lowest BCUT2D eigenvalue weighted by atomic mass is 9.67. The van der Waals surface area contributed by atoms with Crippen LogP contribution in [0, 0.1) is 5.41 Å². The fourth-order valence-corrected chi connectivity index (χ4v) is 4.05. The van der Waals surface area contributed by atoms with Gasteiger partial charge in [-0.3, -0.25) is 9.59 Å². The normalized spacial score (nSPS) is 21.9. The maximum absolute atomic E-state index is 12.5. The minimum absolute atomic E-state index is 0.108. The highest BCUT2D eigenvalue weighted by Crippen LogP contribution is 2.46. The summed E-state index contributed by atoms with van der Waals surface area (Å²) in [4.78, 5) is 30.4. The number of aromatic nitrogens is 1. The van der Waals surface area contributed by atoms with Crippen LogP contribution in [0.2, 0.25) is 0 Å². The van der Waals surface area contributed by atoms with Crippen LogP contribution in [-0.4, -0.2) is 16.8 Å². The van der Waals surface area contributed by atoms with E-state index in [0.29, 0.717) is 28.8 Å². The predicted octanol–water partition coefficient (Wildman–Crippen LogP) is 3.03. The Morgan fingerprint density at radius 1 is 1.14 bits per heavy atom. The number of carbonyl (C=O) groups is 2. The molecule has 0 bridgehead atoms. The van der Waals surface area contributed by atoms with Gasteiger partial charge < -0.3 is 5.73 Å². The topological polar surface area (TPSA) is 76.3 Å². The fourth-order valence-electron chi connectivity index (χ4n) is 3.50. The highest BCUT2D eigenvalue weighted by molar-refractivity contribution is 9.10. The molecule has 2 fully saturated rings. The number of imide groups is 1. The molecule has 2 heterocycles. The Kier molecular flexibility index (Phi) is 3.73. The van der Waals surface area contributed by atoms with Crippen LogP contribution < -0.4 is 10.6 Å². The van der Waals surface area contributed by atoms with Gasteiger partial charge in [0.05, 0.1) is 16.4 Å². The van der Waals surface area contributed by atoms with E-state index in [4.69, 9.17) is 5.73 Å². The summed E-state index contributed by atoms with van der Waals surface area (Å²) in [6.45, 7) is 0. The van der Waals surface area contributed by atoms with Crippen molar-refractivity contribution in [2.45, 2.75) is 44.9 Å². The summed E-state index contributed by atoms with van der Waals surface area (Å²) in [6, 6.07) is 1.66. The Bertz CT molecular complexity index is 577. The van der Waals surface area contributed by atoms with E-state index in [1.54, 1.807) is 6.07 Å². The third-order valence-corrected chi connectivity index (χ3v) is 5.10. The van der Waals surface area contributed by atoms with E-state index in [2.05, 4.69) is 20.9 Å². The Labute approximate surface area is 132 Å². The standard InChI is InChI=1S/C15H18BrN3O2/c16-11-6-10(17)9-18-14(11)19-12(20)7-15(8-13(19)21)4-2-1-3-5-15/h6,9H,1-5,7-8,17H2. The van der Waals surface area contributed by atoms with E-state index in [-0.39, 0.29) is 17.2 Å². The number of rotatable bonds is 1. The van der Waals surface area contributed by atoms with Crippen LogP contribution in [-0.2, 0) is 9.59 Å². The van der Waals surface area contributed by atoms with Gasteiger partial charge in [-0.2, -0.15) is 0 Å². The number of nitrogen functional groups attached to an aromatic ring is 1. The molecule has 5 nitrogen and oxygen atoms in total. The van der Waals surface area contributed by atoms with Crippen LogP contribution >= 0.6 is 15.9 Å². The molecule has 1 aliphatic heterocycles. The maximum atomic E-state index is 12.5. The summed E-state index contributed by atoms with van der Waals surface area (Å²) < 4.78 is 0.573. The fraction of sp³-hybridized carbons (Fsp3) is 0.533. The van der Waals surface area contributed by atoms with Gasteiger partial charge in [-0.25, -0.2) is 9.88 Å². The largest absolute Gasteiger partial charge is 0.397 e. The summed E-state index contributed by atoms with van der Waals surface area (Å²) in [7, 11) is 0. The van der Waals surface area contributed by atoms with Crippen LogP contribution in [0.3, 0.4) is 0 Å². The maximum Gasteiger partial charge on any atom is 0.235 e. The molecule has 112 valence electrons. The second-order valence-electron chi connectivity index (χ2n) is 6.11. The average Bonchev–Trinajstić information content (AvgIpc) is 2.41. The van der Waals surface area contributed by atoms with Gasteiger partial charge in [0.1, 0.15) is 0 Å². The summed E-state index contributed by atoms with van der Waals surface area (Å²) in [5.41, 5.74) is 6.04. The molecule has 0 aromatic carbocycles. The van der Waals surface area contributed by atoms with Crippen molar-refractivity contribution in [3.63, 3.8) is 0 Å². The van der Waals surface area contributed by atoms with Crippen LogP contribution in [0.1, 0.15) is 44.9 Å². The third-order valence-electron chi connectivity index (χ3n) is 4.52. The molecular weight excluding hydrogens is 334 g/mol. The van der Waals surface area contributed by atoms with Crippen LogP contribution in [0.25, 0.3) is 0 Å². The summed E-state index contributed by atoms with van der Waals surface area (Å²) in [6.07, 6.45) is 7.75. The molecule has 3 rings (SSSR count). The van der Waals surface area contributed by atoms with E-state index in [1.165, 1.54) is 17.5 Å². The van der Waals surface area contributed by atoms with Gasteiger partial charge >= 0.3 is 0 Å². The summed E-state index contributed by atoms with van der Waals surface area (Å²) in [5.74, 6) is 0.0575. The number of carbonyl (C=O) groups excluding carboxylic acids is 2. The number of nitrogens with two attached hydrogens (primary N) is 1. The van der Waals surface area contributed by atoms with Crippen molar-refractivity contribution >= 4 is 39.2 Å². The second kappa shape index (κ2) is 5.40. The van der Waals surface area contributed by atoms with E-state index in [1.807, 2.05) is 0 Å². The van der Waals surface area contributed by atoms with Crippen molar-refractivity contribution in [3.05, 3.63) is 16.7 Å². The van der Waals surface area contributed by atoms with E-state index in [9.17, 15) is 9.59 Å². The molecule has 2 N–H and O–H groups in total. The van der Waals surface area contributed by atoms with Gasteiger partial charge in [-0.1, -0.05) is 19.3 Å². The molecule has 2 aliphatic rings. The minimum Gasteiger partial charge on any atom is -0.397 e. The van der Waals surface area contributed by atoms with Gasteiger partial charge in [0, 0.05) is 12.8 Å². The molecule has 0 radical (unpaired) electrons. The number of halogens is 1. The van der Waals surface area contributed by atoms with Gasteiger partial charge in [-0.05, 0) is 40.3 Å². The van der Waals surface area contributed by atoms with E-state index in [0.717, 1.165) is 25.7 Å². The molecule has 2 amide bonds. The Morgan fingerprint density at radius 3 is 2.33 bits per heavy atom. The molecule has 1 saturated heterocycles. The van der Waals surface area contributed by atoms with Crippen molar-refractivity contribution in [2.24, 2.45) is 5.41 Å². The highest BCUT2D eigenvalue weighted by atomic mass is 79.9. The number of hydrogen-bond acceptors (Lipinski definition) is 4. The molecule has 1 aromatic rings. The van der Waals surface area contributed by atoms with Crippen molar-refractivity contribution < 1.29 is 9.59 Å². The van der Waals surface area contributed by atoms with Crippen molar-refractivity contribution in [3.8, 4) is 0 Å². The first kappa shape index (κ1) is 14.5. The van der Waals surface area contributed by atoms with Crippen molar-refractivity contribution in [1.29, 1.82) is 0 Å². The number of nitrogens with zero attached hydrogens (tertiary/aromatic N) is 2. The van der Waals surface area contributed by atoms with Gasteiger partial charge in [0.25, 0.3) is 0 Å². The van der Waals surface area contributed by atoms with Crippen LogP contribution in [0.4, 0.5) is 11.5 Å².